The predicted molar refractivity (Wildman–Crippen MR) is 121 cm³/mol. The minimum Gasteiger partial charge on any atom is -0.458 e. The average molecular weight is 437 g/mol. The summed E-state index contributed by atoms with van der Waals surface area (Å²) in [6, 6.07) is 0. The molecule has 0 aromatic rings. The minimum absolute atomic E-state index is 0.0376. The summed E-state index contributed by atoms with van der Waals surface area (Å²) in [7, 11) is 0. The van der Waals surface area contributed by atoms with E-state index in [2.05, 4.69) is 48.5 Å². The highest BCUT2D eigenvalue weighted by atomic mass is 16.6. The lowest BCUT2D eigenvalue weighted by molar-refractivity contribution is -0.259. The zero-order chi connectivity index (χ0) is 23.4. The van der Waals surface area contributed by atoms with Gasteiger partial charge in [0, 0.05) is 11.8 Å². The molecule has 5 heteroatoms. The second-order valence-electron chi connectivity index (χ2n) is 11.8. The molecule has 3 heterocycles. The maximum atomic E-state index is 13.2. The molecule has 0 saturated carbocycles. The van der Waals surface area contributed by atoms with E-state index in [1.165, 1.54) is 0 Å². The smallest absolute Gasteiger partial charge is 0.316 e. The fourth-order valence-corrected chi connectivity index (χ4v) is 6.92. The summed E-state index contributed by atoms with van der Waals surface area (Å²) in [4.78, 5) is 26.3. The molecule has 9 atom stereocenters. The average Bonchev–Trinajstić information content (AvgIpc) is 2.96. The van der Waals surface area contributed by atoms with Gasteiger partial charge in [0.2, 0.25) is 0 Å². The summed E-state index contributed by atoms with van der Waals surface area (Å²) in [6.07, 6.45) is 4.01. The van der Waals surface area contributed by atoms with Gasteiger partial charge in [-0.15, -0.1) is 0 Å². The Morgan fingerprint density at radius 2 is 1.65 bits per heavy atom. The Balaban J connectivity index is 2.07. The molecule has 0 amide bonds. The molecule has 0 aromatic heterocycles. The normalized spacial score (nSPS) is 48.7. The van der Waals surface area contributed by atoms with Crippen LogP contribution in [0.1, 0.15) is 94.4 Å². The molecule has 5 nitrogen and oxygen atoms in total. The number of hydrogen-bond donors (Lipinski definition) is 0. The zero-order valence-electron chi connectivity index (χ0n) is 21.1. The van der Waals surface area contributed by atoms with Crippen LogP contribution in [0.25, 0.3) is 0 Å². The number of Topliss-reactive ketones (excluding diaryl/α,β-unsaturated/α-hetero) is 1. The van der Waals surface area contributed by atoms with E-state index in [1.807, 2.05) is 6.92 Å². The molecule has 3 rings (SSSR count). The maximum Gasteiger partial charge on any atom is 0.316 e. The first-order valence-corrected chi connectivity index (χ1v) is 12.3. The molecular weight excluding hydrogens is 392 g/mol. The van der Waals surface area contributed by atoms with E-state index in [9.17, 15) is 9.59 Å². The van der Waals surface area contributed by atoms with Gasteiger partial charge >= 0.3 is 5.97 Å². The van der Waals surface area contributed by atoms with Crippen molar-refractivity contribution in [2.45, 2.75) is 123 Å². The first kappa shape index (κ1) is 24.7. The summed E-state index contributed by atoms with van der Waals surface area (Å²) in [5.74, 6) is -0.936. The highest BCUT2D eigenvalue weighted by Crippen LogP contribution is 2.50. The van der Waals surface area contributed by atoms with Crippen molar-refractivity contribution < 1.29 is 23.8 Å². The van der Waals surface area contributed by atoms with Crippen molar-refractivity contribution in [3.8, 4) is 0 Å². The Labute approximate surface area is 189 Å². The molecule has 178 valence electrons. The predicted octanol–water partition coefficient (Wildman–Crippen LogP) is 5.34. The molecule has 2 unspecified atom stereocenters. The number of esters is 1. The van der Waals surface area contributed by atoms with Crippen LogP contribution in [0.5, 0.6) is 0 Å². The topological polar surface area (TPSA) is 61.8 Å². The molecule has 0 N–H and O–H groups in total. The summed E-state index contributed by atoms with van der Waals surface area (Å²) in [5, 5.41) is 0. The van der Waals surface area contributed by atoms with Crippen LogP contribution in [0.2, 0.25) is 0 Å². The molecule has 0 aliphatic carbocycles. The second-order valence-corrected chi connectivity index (χ2v) is 11.8. The summed E-state index contributed by atoms with van der Waals surface area (Å²) >= 11 is 0. The monoisotopic (exact) mass is 436 g/mol. The Hall–Kier alpha value is -0.940. The van der Waals surface area contributed by atoms with Crippen LogP contribution in [-0.2, 0) is 23.8 Å². The van der Waals surface area contributed by atoms with Gasteiger partial charge < -0.3 is 14.2 Å². The Morgan fingerprint density at radius 3 is 2.26 bits per heavy atom. The van der Waals surface area contributed by atoms with Crippen molar-refractivity contribution in [2.75, 3.05) is 0 Å². The fraction of sp³-hybridized carbons (Fsp3) is 0.923. The van der Waals surface area contributed by atoms with Gasteiger partial charge in [-0.1, -0.05) is 34.1 Å². The van der Waals surface area contributed by atoms with Gasteiger partial charge in [-0.05, 0) is 72.1 Å². The van der Waals surface area contributed by atoms with E-state index in [-0.39, 0.29) is 40.8 Å². The standard InChI is InChI=1S/C26H44O5/c1-10-19-11-12-24(6,7)31-26(19,9)22-18(5)21-16(3)14-25(8,30-21)13-15(2)20(27)17(4)23(28)29-22/h15-19,21-22H,10-14H2,1-9H3/t15-,16?,17-,18+,19+,21?,22-,25+,26-/m1/s1. The van der Waals surface area contributed by atoms with Crippen molar-refractivity contribution in [3.63, 3.8) is 0 Å². The third-order valence-electron chi connectivity index (χ3n) is 8.44. The number of cyclic esters (lactones) is 1. The molecule has 3 fully saturated rings. The molecule has 3 aliphatic heterocycles. The van der Waals surface area contributed by atoms with E-state index in [4.69, 9.17) is 14.2 Å². The van der Waals surface area contributed by atoms with E-state index in [1.54, 1.807) is 6.92 Å². The quantitative estimate of drug-likeness (QED) is 0.432. The highest BCUT2D eigenvalue weighted by molar-refractivity contribution is 5.99. The number of ketones is 1. The first-order valence-electron chi connectivity index (χ1n) is 12.3. The SMILES string of the molecule is CC[C@H]1CCC(C)(C)O[C@@]1(C)[C@@H]1OC(=O)[C@H](C)C(=O)[C@H](C)C[C@@]2(C)CC(C)C(O2)[C@@H]1C. The third-order valence-corrected chi connectivity index (χ3v) is 8.44. The lowest BCUT2D eigenvalue weighted by atomic mass is 9.69. The van der Waals surface area contributed by atoms with Crippen molar-refractivity contribution in [1.82, 2.24) is 0 Å². The van der Waals surface area contributed by atoms with Crippen LogP contribution in [0.3, 0.4) is 0 Å². The minimum atomic E-state index is -0.775. The van der Waals surface area contributed by atoms with E-state index in [0.717, 1.165) is 25.7 Å². The highest BCUT2D eigenvalue weighted by Gasteiger charge is 2.56. The van der Waals surface area contributed by atoms with Crippen molar-refractivity contribution >= 4 is 11.8 Å². The summed E-state index contributed by atoms with van der Waals surface area (Å²) < 4.78 is 19.7. The van der Waals surface area contributed by atoms with Crippen LogP contribution >= 0.6 is 0 Å². The number of carbonyl (C=O) groups excluding carboxylic acids is 2. The maximum absolute atomic E-state index is 13.2. The molecule has 0 radical (unpaired) electrons. The largest absolute Gasteiger partial charge is 0.458 e. The van der Waals surface area contributed by atoms with Crippen molar-refractivity contribution in [3.05, 3.63) is 0 Å². The number of fused-ring (bicyclic) bond motifs is 2. The number of carbonyl (C=O) groups is 2. The van der Waals surface area contributed by atoms with Gasteiger partial charge in [0.15, 0.2) is 0 Å². The van der Waals surface area contributed by atoms with Gasteiger partial charge in [-0.25, -0.2) is 0 Å². The van der Waals surface area contributed by atoms with E-state index in [0.29, 0.717) is 12.3 Å². The van der Waals surface area contributed by atoms with Gasteiger partial charge in [0.1, 0.15) is 23.4 Å². The van der Waals surface area contributed by atoms with Crippen LogP contribution < -0.4 is 0 Å². The van der Waals surface area contributed by atoms with Gasteiger partial charge in [0.05, 0.1) is 17.3 Å². The van der Waals surface area contributed by atoms with Gasteiger partial charge in [0.25, 0.3) is 0 Å². The molecule has 3 saturated heterocycles. The van der Waals surface area contributed by atoms with Crippen LogP contribution in [0.15, 0.2) is 0 Å². The molecule has 2 bridgehead atoms. The van der Waals surface area contributed by atoms with Crippen LogP contribution in [-0.4, -0.2) is 40.8 Å². The Kier molecular flexibility index (Phi) is 6.73. The lowest BCUT2D eigenvalue weighted by Gasteiger charge is -2.53. The molecular formula is C26H44O5. The third kappa shape index (κ3) is 4.59. The van der Waals surface area contributed by atoms with E-state index >= 15 is 0 Å². The Morgan fingerprint density at radius 1 is 1.00 bits per heavy atom. The number of hydrogen-bond acceptors (Lipinski definition) is 5. The summed E-state index contributed by atoms with van der Waals surface area (Å²) in [6.45, 7) is 18.6. The number of rotatable bonds is 2. The zero-order valence-corrected chi connectivity index (χ0v) is 21.1. The fourth-order valence-electron chi connectivity index (χ4n) is 6.92. The first-order chi connectivity index (χ1) is 14.2. The van der Waals surface area contributed by atoms with E-state index < -0.39 is 23.6 Å². The molecule has 0 aromatic carbocycles. The number of ether oxygens (including phenoxy) is 3. The summed E-state index contributed by atoms with van der Waals surface area (Å²) in [5.41, 5.74) is -1.27. The Bertz CT molecular complexity index is 702. The van der Waals surface area contributed by atoms with Crippen LogP contribution in [0, 0.1) is 29.6 Å². The van der Waals surface area contributed by atoms with Crippen molar-refractivity contribution in [1.29, 1.82) is 0 Å². The van der Waals surface area contributed by atoms with Gasteiger partial charge in [-0.3, -0.25) is 9.59 Å². The van der Waals surface area contributed by atoms with Crippen molar-refractivity contribution in [2.24, 2.45) is 29.6 Å². The van der Waals surface area contributed by atoms with Crippen LogP contribution in [0.4, 0.5) is 0 Å². The molecule has 3 aliphatic rings. The second kappa shape index (κ2) is 8.44. The van der Waals surface area contributed by atoms with Gasteiger partial charge in [-0.2, -0.15) is 0 Å². The molecule has 0 spiro atoms. The lowest BCUT2D eigenvalue weighted by Crippen LogP contribution is -2.61. The molecule has 31 heavy (non-hydrogen) atoms.